The van der Waals surface area contributed by atoms with Gasteiger partial charge >= 0.3 is 0 Å². The van der Waals surface area contributed by atoms with Crippen LogP contribution in [0.1, 0.15) is 40.0 Å². The number of carbonyl (C=O) groups is 1. The van der Waals surface area contributed by atoms with Gasteiger partial charge in [0.2, 0.25) is 0 Å². The number of aromatic nitrogens is 1. The molecule has 1 aliphatic carbocycles. The van der Waals surface area contributed by atoms with E-state index < -0.39 is 35.3 Å². The number of fused-ring (bicyclic) bond motifs is 2. The van der Waals surface area contributed by atoms with Crippen molar-refractivity contribution >= 4 is 28.8 Å². The molecule has 9 heteroatoms. The lowest BCUT2D eigenvalue weighted by Crippen LogP contribution is -2.61. The van der Waals surface area contributed by atoms with E-state index in [1.165, 1.54) is 17.4 Å². The molecule has 0 unspecified atom stereocenters. The highest BCUT2D eigenvalue weighted by atomic mass is 32.1. The quantitative estimate of drug-likeness (QED) is 0.817. The number of aliphatic imine (C=N–C) groups is 1. The summed E-state index contributed by atoms with van der Waals surface area (Å²) in [6.07, 6.45) is -1.05. The van der Waals surface area contributed by atoms with Gasteiger partial charge in [0.05, 0.1) is 6.42 Å². The van der Waals surface area contributed by atoms with E-state index in [0.29, 0.717) is 11.3 Å². The standard InChI is InChI=1S/C18H17F3N4OS/c1-9-7-27-14(23-9)13(26)24-11-4-3-10-6-17(12(10)5-11)18(20,21)8-16(2,19)15(22)25-17/h3-5,7H,6,8H2,1-2H3,(H2,22,25)(H,24,26)/t16-,17+/m0/s1. The Kier molecular flexibility index (Phi) is 3.69. The molecule has 1 amide bonds. The summed E-state index contributed by atoms with van der Waals surface area (Å²) in [5, 5.41) is 4.69. The second-order valence-corrected chi connectivity index (χ2v) is 8.09. The highest BCUT2D eigenvalue weighted by molar-refractivity contribution is 7.11. The number of nitrogens with two attached hydrogens (primary N) is 1. The van der Waals surface area contributed by atoms with Crippen molar-refractivity contribution in [3.8, 4) is 0 Å². The van der Waals surface area contributed by atoms with E-state index in [4.69, 9.17) is 5.73 Å². The fourth-order valence-electron chi connectivity index (χ4n) is 3.58. The normalized spacial score (nSPS) is 28.3. The fourth-order valence-corrected chi connectivity index (χ4v) is 4.27. The molecule has 0 fully saturated rings. The van der Waals surface area contributed by atoms with Gasteiger partial charge in [-0.1, -0.05) is 6.07 Å². The van der Waals surface area contributed by atoms with E-state index in [1.807, 2.05) is 0 Å². The number of carbonyl (C=O) groups excluding carboxylic acids is 1. The van der Waals surface area contributed by atoms with Crippen molar-refractivity contribution in [1.29, 1.82) is 0 Å². The summed E-state index contributed by atoms with van der Waals surface area (Å²) in [5.41, 5.74) is 3.43. The Balaban J connectivity index is 1.68. The van der Waals surface area contributed by atoms with Gasteiger partial charge in [-0.15, -0.1) is 11.3 Å². The molecule has 0 saturated carbocycles. The molecule has 0 bridgehead atoms. The van der Waals surface area contributed by atoms with E-state index in [9.17, 15) is 18.0 Å². The maximum absolute atomic E-state index is 14.8. The van der Waals surface area contributed by atoms with E-state index in [-0.39, 0.29) is 17.0 Å². The van der Waals surface area contributed by atoms with Crippen LogP contribution < -0.4 is 11.1 Å². The number of hydrogen-bond donors (Lipinski definition) is 2. The molecule has 2 atom stereocenters. The van der Waals surface area contributed by atoms with Gasteiger partial charge in [-0.2, -0.15) is 0 Å². The number of amides is 1. The Hall–Kier alpha value is -2.42. The number of thiazole rings is 1. The second kappa shape index (κ2) is 5.54. The van der Waals surface area contributed by atoms with Crippen LogP contribution in [0, 0.1) is 6.92 Å². The molecule has 2 aromatic rings. The van der Waals surface area contributed by atoms with Crippen LogP contribution >= 0.6 is 11.3 Å². The highest BCUT2D eigenvalue weighted by Crippen LogP contribution is 2.57. The molecule has 3 N–H and O–H groups in total. The summed E-state index contributed by atoms with van der Waals surface area (Å²) in [7, 11) is 0. The van der Waals surface area contributed by atoms with E-state index in [2.05, 4.69) is 15.3 Å². The summed E-state index contributed by atoms with van der Waals surface area (Å²) in [4.78, 5) is 20.3. The predicted octanol–water partition coefficient (Wildman–Crippen LogP) is 3.58. The van der Waals surface area contributed by atoms with E-state index in [1.54, 1.807) is 24.4 Å². The van der Waals surface area contributed by atoms with Crippen molar-refractivity contribution in [3.63, 3.8) is 0 Å². The minimum atomic E-state index is -3.39. The monoisotopic (exact) mass is 394 g/mol. The number of aryl methyl sites for hydroxylation is 1. The Bertz CT molecular complexity index is 985. The van der Waals surface area contributed by atoms with Crippen LogP contribution in [0.5, 0.6) is 0 Å². The zero-order chi connectivity index (χ0) is 19.6. The van der Waals surface area contributed by atoms with Crippen LogP contribution in [0.4, 0.5) is 18.9 Å². The van der Waals surface area contributed by atoms with Gasteiger partial charge < -0.3 is 11.1 Å². The minimum absolute atomic E-state index is 0.0218. The van der Waals surface area contributed by atoms with Gasteiger partial charge in [0.1, 0.15) is 5.84 Å². The maximum Gasteiger partial charge on any atom is 0.284 e. The molecule has 0 radical (unpaired) electrons. The summed E-state index contributed by atoms with van der Waals surface area (Å²) >= 11 is 1.20. The van der Waals surface area contributed by atoms with Gasteiger partial charge in [-0.25, -0.2) is 18.2 Å². The lowest BCUT2D eigenvalue weighted by atomic mass is 9.63. The Morgan fingerprint density at radius 1 is 1.33 bits per heavy atom. The number of alkyl halides is 3. The van der Waals surface area contributed by atoms with Crippen molar-refractivity contribution in [2.45, 2.75) is 43.8 Å². The number of benzene rings is 1. The van der Waals surface area contributed by atoms with Crippen LogP contribution in [-0.4, -0.2) is 28.3 Å². The third kappa shape index (κ3) is 2.63. The summed E-state index contributed by atoms with van der Waals surface area (Å²) in [6.45, 7) is 2.79. The molecule has 1 aliphatic heterocycles. The Morgan fingerprint density at radius 3 is 2.74 bits per heavy atom. The molecular formula is C18H17F3N4OS. The van der Waals surface area contributed by atoms with Crippen LogP contribution in [-0.2, 0) is 12.0 Å². The summed E-state index contributed by atoms with van der Waals surface area (Å²) in [5.74, 6) is -4.23. The predicted molar refractivity (Wildman–Crippen MR) is 97.3 cm³/mol. The topological polar surface area (TPSA) is 80.4 Å². The summed E-state index contributed by atoms with van der Waals surface area (Å²) in [6, 6.07) is 4.76. The second-order valence-electron chi connectivity index (χ2n) is 7.23. The molecule has 1 aromatic heterocycles. The average Bonchev–Trinajstić information content (AvgIpc) is 2.98. The SMILES string of the molecule is Cc1csc(C(=O)Nc2ccc3c(c2)[C@@]2(C3)N=C(N)[C@@](C)(F)CC2(F)F)n1. The fraction of sp³-hybridized carbons (Fsp3) is 0.389. The van der Waals surface area contributed by atoms with E-state index >= 15 is 0 Å². The zero-order valence-electron chi connectivity index (χ0n) is 14.6. The van der Waals surface area contributed by atoms with Crippen molar-refractivity contribution in [2.75, 3.05) is 5.32 Å². The third-order valence-electron chi connectivity index (χ3n) is 5.08. The van der Waals surface area contributed by atoms with Crippen molar-refractivity contribution in [1.82, 2.24) is 4.98 Å². The average molecular weight is 394 g/mol. The Labute approximate surface area is 157 Å². The number of halogens is 3. The highest BCUT2D eigenvalue weighted by Gasteiger charge is 2.66. The first kappa shape index (κ1) is 18.0. The van der Waals surface area contributed by atoms with Gasteiger partial charge in [0.15, 0.2) is 16.2 Å². The van der Waals surface area contributed by atoms with Crippen LogP contribution in [0.25, 0.3) is 0 Å². The zero-order valence-corrected chi connectivity index (χ0v) is 15.5. The molecule has 2 heterocycles. The number of amidine groups is 1. The number of nitrogens with one attached hydrogen (secondary N) is 1. The Morgan fingerprint density at radius 2 is 2.07 bits per heavy atom. The molecule has 1 spiro atoms. The largest absolute Gasteiger partial charge is 0.385 e. The first-order valence-electron chi connectivity index (χ1n) is 8.33. The number of nitrogens with zero attached hydrogens (tertiary/aromatic N) is 2. The number of hydrogen-bond acceptors (Lipinski definition) is 5. The van der Waals surface area contributed by atoms with Crippen molar-refractivity contribution < 1.29 is 18.0 Å². The maximum atomic E-state index is 14.8. The van der Waals surface area contributed by atoms with Crippen molar-refractivity contribution in [3.05, 3.63) is 45.4 Å². The van der Waals surface area contributed by atoms with Gasteiger partial charge in [-0.3, -0.25) is 9.79 Å². The molecule has 5 nitrogen and oxygen atoms in total. The van der Waals surface area contributed by atoms with Crippen LogP contribution in [0.3, 0.4) is 0 Å². The molecule has 0 saturated heterocycles. The van der Waals surface area contributed by atoms with Crippen LogP contribution in [0.2, 0.25) is 0 Å². The van der Waals surface area contributed by atoms with E-state index in [0.717, 1.165) is 12.6 Å². The molecule has 27 heavy (non-hydrogen) atoms. The lowest BCUT2D eigenvalue weighted by molar-refractivity contribution is -0.120. The lowest BCUT2D eigenvalue weighted by Gasteiger charge is -2.50. The number of anilines is 1. The minimum Gasteiger partial charge on any atom is -0.385 e. The summed E-state index contributed by atoms with van der Waals surface area (Å²) < 4.78 is 43.9. The molecule has 142 valence electrons. The van der Waals surface area contributed by atoms with Gasteiger partial charge in [0, 0.05) is 23.2 Å². The molecule has 4 rings (SSSR count). The first-order valence-corrected chi connectivity index (χ1v) is 9.21. The van der Waals surface area contributed by atoms with Gasteiger partial charge in [0.25, 0.3) is 11.8 Å². The molecule has 2 aliphatic rings. The molecule has 1 aromatic carbocycles. The smallest absolute Gasteiger partial charge is 0.284 e. The van der Waals surface area contributed by atoms with Crippen molar-refractivity contribution in [2.24, 2.45) is 10.7 Å². The molecular weight excluding hydrogens is 377 g/mol. The van der Waals surface area contributed by atoms with Crippen LogP contribution in [0.15, 0.2) is 28.6 Å². The number of rotatable bonds is 2. The first-order chi connectivity index (χ1) is 12.5. The third-order valence-corrected chi connectivity index (χ3v) is 6.04. The van der Waals surface area contributed by atoms with Gasteiger partial charge in [-0.05, 0) is 37.1 Å².